The maximum absolute atomic E-state index is 16.0. The maximum Gasteiger partial charge on any atom is 0.309 e. The lowest BCUT2D eigenvalue weighted by Gasteiger charge is -2.32. The summed E-state index contributed by atoms with van der Waals surface area (Å²) in [5.74, 6) is -0.587. The standard InChI is InChI=1S/C29H38FN5O4/c1-4-35-23(12-14-31-35)28(36)34-25(18-8-6-17(3)7-9-18)27-32-22-11-10-19(24(30)26(22)33-27)21-16-38-15-13-20(21)29(37)39-5-2/h10-12,14,17-18,20-21,25H,4-9,13,15-16H2,1-3H3,(H,32,33)(H,34,36)/t17?,18?,20?,21?,25-/m0/s1. The molecule has 1 saturated carbocycles. The van der Waals surface area contributed by atoms with Crippen LogP contribution in [0, 0.1) is 23.6 Å². The Morgan fingerprint density at radius 1 is 1.21 bits per heavy atom. The SMILES string of the molecule is CCOC(=O)C1CCOCC1c1ccc2[nH]c([C@@H](NC(=O)c3ccnn3CC)C3CCC(C)CC3)nc2c1F. The molecular weight excluding hydrogens is 501 g/mol. The molecule has 2 fully saturated rings. The van der Waals surface area contributed by atoms with Crippen LogP contribution in [0.5, 0.6) is 0 Å². The van der Waals surface area contributed by atoms with E-state index in [-0.39, 0.29) is 36.5 Å². The Labute approximate surface area is 227 Å². The molecule has 2 N–H and O–H groups in total. The van der Waals surface area contributed by atoms with Crippen LogP contribution in [0.25, 0.3) is 11.0 Å². The summed E-state index contributed by atoms with van der Waals surface area (Å²) in [6.07, 6.45) is 6.13. The van der Waals surface area contributed by atoms with Crippen LogP contribution in [-0.2, 0) is 20.8 Å². The first kappa shape index (κ1) is 27.3. The molecule has 1 aliphatic carbocycles. The first-order chi connectivity index (χ1) is 18.9. The topological polar surface area (TPSA) is 111 Å². The van der Waals surface area contributed by atoms with E-state index in [0.717, 1.165) is 25.7 Å². The average Bonchev–Trinajstić information content (AvgIpc) is 3.60. The van der Waals surface area contributed by atoms with E-state index in [1.807, 2.05) is 6.92 Å². The highest BCUT2D eigenvalue weighted by Crippen LogP contribution is 2.39. The summed E-state index contributed by atoms with van der Waals surface area (Å²) in [6.45, 7) is 7.49. The number of aryl methyl sites for hydroxylation is 1. The zero-order valence-electron chi connectivity index (χ0n) is 22.9. The molecule has 5 rings (SSSR count). The molecule has 3 aromatic rings. The number of ether oxygens (including phenoxy) is 2. The highest BCUT2D eigenvalue weighted by atomic mass is 19.1. The first-order valence-electron chi connectivity index (χ1n) is 14.2. The van der Waals surface area contributed by atoms with Gasteiger partial charge in [-0.25, -0.2) is 9.37 Å². The van der Waals surface area contributed by atoms with E-state index in [9.17, 15) is 9.59 Å². The van der Waals surface area contributed by atoms with Crippen molar-refractivity contribution in [3.63, 3.8) is 0 Å². The molecule has 2 aliphatic rings. The summed E-state index contributed by atoms with van der Waals surface area (Å²) in [5, 5.41) is 7.42. The molecule has 0 spiro atoms. The number of aromatic amines is 1. The lowest BCUT2D eigenvalue weighted by Crippen LogP contribution is -2.36. The molecule has 9 nitrogen and oxygen atoms in total. The predicted molar refractivity (Wildman–Crippen MR) is 144 cm³/mol. The molecule has 0 bridgehead atoms. The lowest BCUT2D eigenvalue weighted by atomic mass is 9.79. The molecule has 210 valence electrons. The van der Waals surface area contributed by atoms with Crippen molar-refractivity contribution in [1.82, 2.24) is 25.1 Å². The van der Waals surface area contributed by atoms with Gasteiger partial charge < -0.3 is 19.8 Å². The van der Waals surface area contributed by atoms with Crippen LogP contribution in [0.15, 0.2) is 24.4 Å². The van der Waals surface area contributed by atoms with Crippen molar-refractivity contribution >= 4 is 22.9 Å². The molecule has 2 unspecified atom stereocenters. The molecule has 1 saturated heterocycles. The number of benzene rings is 1. The predicted octanol–water partition coefficient (Wildman–Crippen LogP) is 4.90. The monoisotopic (exact) mass is 539 g/mol. The van der Waals surface area contributed by atoms with E-state index in [0.29, 0.717) is 48.1 Å². The second kappa shape index (κ2) is 11.9. The zero-order chi connectivity index (χ0) is 27.5. The number of amides is 1. The van der Waals surface area contributed by atoms with Gasteiger partial charge in [-0.05, 0) is 62.6 Å². The molecule has 3 heterocycles. The Balaban J connectivity index is 1.48. The normalized spacial score (nSPS) is 24.4. The average molecular weight is 540 g/mol. The second-order valence-corrected chi connectivity index (χ2v) is 10.8. The van der Waals surface area contributed by atoms with Gasteiger partial charge in [0, 0.05) is 25.3 Å². The van der Waals surface area contributed by atoms with Crippen LogP contribution in [0.3, 0.4) is 0 Å². The third-order valence-electron chi connectivity index (χ3n) is 8.35. The number of H-pyrrole nitrogens is 1. The molecule has 1 aromatic carbocycles. The van der Waals surface area contributed by atoms with Gasteiger partial charge >= 0.3 is 5.97 Å². The highest BCUT2D eigenvalue weighted by molar-refractivity contribution is 5.92. The third-order valence-corrected chi connectivity index (χ3v) is 8.35. The Bertz CT molecular complexity index is 1310. The summed E-state index contributed by atoms with van der Waals surface area (Å²) >= 11 is 0. The summed E-state index contributed by atoms with van der Waals surface area (Å²) in [6, 6.07) is 4.82. The smallest absolute Gasteiger partial charge is 0.309 e. The number of hydrogen-bond donors (Lipinski definition) is 2. The van der Waals surface area contributed by atoms with E-state index in [1.54, 1.807) is 36.0 Å². The Hall–Kier alpha value is -3.27. The Morgan fingerprint density at radius 2 is 2.00 bits per heavy atom. The number of imidazole rings is 1. The van der Waals surface area contributed by atoms with Gasteiger partial charge in [0.1, 0.15) is 17.0 Å². The van der Waals surface area contributed by atoms with Gasteiger partial charge in [0.25, 0.3) is 5.91 Å². The van der Waals surface area contributed by atoms with Gasteiger partial charge in [-0.3, -0.25) is 14.3 Å². The number of rotatable bonds is 8. The van der Waals surface area contributed by atoms with Gasteiger partial charge in [-0.15, -0.1) is 0 Å². The fourth-order valence-corrected chi connectivity index (χ4v) is 6.11. The minimum absolute atomic E-state index is 0.172. The van der Waals surface area contributed by atoms with E-state index in [4.69, 9.17) is 14.5 Å². The molecular formula is C29H38FN5O4. The van der Waals surface area contributed by atoms with Crippen molar-refractivity contribution in [3.8, 4) is 0 Å². The number of halogens is 1. The summed E-state index contributed by atoms with van der Waals surface area (Å²) < 4.78 is 28.6. The Kier molecular flexibility index (Phi) is 8.30. The van der Waals surface area contributed by atoms with Crippen molar-refractivity contribution in [2.24, 2.45) is 17.8 Å². The quantitative estimate of drug-likeness (QED) is 0.394. The van der Waals surface area contributed by atoms with E-state index in [2.05, 4.69) is 22.3 Å². The number of fused-ring (bicyclic) bond motifs is 1. The van der Waals surface area contributed by atoms with Crippen LogP contribution in [0.2, 0.25) is 0 Å². The van der Waals surface area contributed by atoms with Crippen LogP contribution in [0.1, 0.15) is 86.7 Å². The molecule has 3 atom stereocenters. The fourth-order valence-electron chi connectivity index (χ4n) is 6.11. The minimum atomic E-state index is -0.469. The van der Waals surface area contributed by atoms with Gasteiger partial charge in [0.15, 0.2) is 5.82 Å². The minimum Gasteiger partial charge on any atom is -0.466 e. The van der Waals surface area contributed by atoms with Crippen molar-refractivity contribution in [2.45, 2.75) is 71.4 Å². The largest absolute Gasteiger partial charge is 0.466 e. The molecule has 0 radical (unpaired) electrons. The number of carbonyl (C=O) groups excluding carboxylic acids is 2. The second-order valence-electron chi connectivity index (χ2n) is 10.8. The van der Waals surface area contributed by atoms with E-state index < -0.39 is 23.7 Å². The van der Waals surface area contributed by atoms with Gasteiger partial charge in [-0.2, -0.15) is 5.10 Å². The van der Waals surface area contributed by atoms with Gasteiger partial charge in [0.2, 0.25) is 0 Å². The summed E-state index contributed by atoms with van der Waals surface area (Å²) in [5.41, 5.74) is 1.64. The number of carbonyl (C=O) groups is 2. The highest BCUT2D eigenvalue weighted by Gasteiger charge is 2.37. The van der Waals surface area contributed by atoms with Crippen molar-refractivity contribution in [2.75, 3.05) is 19.8 Å². The number of esters is 1. The van der Waals surface area contributed by atoms with Crippen LogP contribution in [-0.4, -0.2) is 51.4 Å². The lowest BCUT2D eigenvalue weighted by molar-refractivity contribution is -0.152. The number of hydrogen-bond acceptors (Lipinski definition) is 6. The van der Waals surface area contributed by atoms with E-state index >= 15 is 4.39 Å². The maximum atomic E-state index is 16.0. The van der Waals surface area contributed by atoms with Crippen LogP contribution >= 0.6 is 0 Å². The third kappa shape index (κ3) is 5.57. The van der Waals surface area contributed by atoms with Gasteiger partial charge in [0.05, 0.1) is 30.7 Å². The molecule has 10 heteroatoms. The van der Waals surface area contributed by atoms with Crippen molar-refractivity contribution < 1.29 is 23.5 Å². The molecule has 39 heavy (non-hydrogen) atoms. The molecule has 1 amide bonds. The van der Waals surface area contributed by atoms with E-state index in [1.165, 1.54) is 0 Å². The van der Waals surface area contributed by atoms with Crippen LogP contribution in [0.4, 0.5) is 4.39 Å². The fraction of sp³-hybridized carbons (Fsp3) is 0.586. The Morgan fingerprint density at radius 3 is 2.74 bits per heavy atom. The number of nitrogens with zero attached hydrogens (tertiary/aromatic N) is 3. The zero-order valence-corrected chi connectivity index (χ0v) is 22.9. The molecule has 2 aromatic heterocycles. The first-order valence-corrected chi connectivity index (χ1v) is 14.2. The van der Waals surface area contributed by atoms with Crippen molar-refractivity contribution in [1.29, 1.82) is 0 Å². The number of nitrogens with one attached hydrogen (secondary N) is 2. The van der Waals surface area contributed by atoms with Gasteiger partial charge in [-0.1, -0.05) is 25.8 Å². The number of aromatic nitrogens is 4. The van der Waals surface area contributed by atoms with Crippen molar-refractivity contribution in [3.05, 3.63) is 47.3 Å². The van der Waals surface area contributed by atoms with Crippen LogP contribution < -0.4 is 5.32 Å². The summed E-state index contributed by atoms with van der Waals surface area (Å²) in [4.78, 5) is 34.0. The molecule has 1 aliphatic heterocycles. The summed E-state index contributed by atoms with van der Waals surface area (Å²) in [7, 11) is 0.